The van der Waals surface area contributed by atoms with E-state index in [1.54, 1.807) is 40.0 Å². The molecule has 1 aromatic carbocycles. The van der Waals surface area contributed by atoms with E-state index in [0.29, 0.717) is 55.4 Å². The summed E-state index contributed by atoms with van der Waals surface area (Å²) in [6.45, 7) is 2.57. The molecule has 0 unspecified atom stereocenters. The Balaban J connectivity index is 1.27. The maximum absolute atomic E-state index is 12.8. The number of carbonyl (C=O) groups is 1. The lowest BCUT2D eigenvalue weighted by atomic mass is 10.1. The van der Waals surface area contributed by atoms with Gasteiger partial charge in [0.05, 0.1) is 37.2 Å². The second kappa shape index (κ2) is 9.43. The van der Waals surface area contributed by atoms with Gasteiger partial charge in [-0.3, -0.25) is 9.78 Å². The largest absolute Gasteiger partial charge is 0.415 e. The molecule has 1 amide bonds. The molecule has 1 fully saturated rings. The number of halogens is 2. The first-order chi connectivity index (χ1) is 16.6. The average molecular weight is 467 g/mol. The van der Waals surface area contributed by atoms with Gasteiger partial charge in [-0.05, 0) is 24.3 Å². The van der Waals surface area contributed by atoms with Crippen molar-refractivity contribution in [1.82, 2.24) is 35.1 Å². The summed E-state index contributed by atoms with van der Waals surface area (Å²) < 4.78 is 37.1. The topological polar surface area (TPSA) is 112 Å². The molecule has 3 aromatic heterocycles. The molecule has 10 nitrogen and oxygen atoms in total. The highest BCUT2D eigenvalue weighted by atomic mass is 19.3. The van der Waals surface area contributed by atoms with Crippen molar-refractivity contribution in [1.29, 1.82) is 0 Å². The number of pyridine rings is 1. The zero-order chi connectivity index (χ0) is 23.5. The van der Waals surface area contributed by atoms with Crippen LogP contribution in [0.15, 0.2) is 53.2 Å². The summed E-state index contributed by atoms with van der Waals surface area (Å²) in [4.78, 5) is 18.8. The predicted molar refractivity (Wildman–Crippen MR) is 114 cm³/mol. The molecule has 0 aliphatic carbocycles. The Bertz CT molecular complexity index is 1280. The first kappa shape index (κ1) is 21.8. The van der Waals surface area contributed by atoms with E-state index in [1.165, 1.54) is 6.20 Å². The number of amides is 1. The zero-order valence-corrected chi connectivity index (χ0v) is 17.8. The van der Waals surface area contributed by atoms with Crippen molar-refractivity contribution in [3.63, 3.8) is 0 Å². The van der Waals surface area contributed by atoms with Crippen LogP contribution in [-0.2, 0) is 11.3 Å². The van der Waals surface area contributed by atoms with Gasteiger partial charge in [0.1, 0.15) is 5.69 Å². The molecule has 4 heterocycles. The van der Waals surface area contributed by atoms with E-state index in [-0.39, 0.29) is 11.8 Å². The minimum Gasteiger partial charge on any atom is -0.415 e. The number of ether oxygens (including phenoxy) is 1. The Kier molecular flexibility index (Phi) is 6.04. The maximum atomic E-state index is 12.8. The Morgan fingerprint density at radius 2 is 1.91 bits per heavy atom. The van der Waals surface area contributed by atoms with Crippen molar-refractivity contribution in [3.05, 3.63) is 65.9 Å². The fourth-order valence-electron chi connectivity index (χ4n) is 3.52. The minimum atomic E-state index is -2.83. The number of benzene rings is 1. The van der Waals surface area contributed by atoms with Crippen molar-refractivity contribution < 1.29 is 22.7 Å². The zero-order valence-electron chi connectivity index (χ0n) is 17.8. The van der Waals surface area contributed by atoms with E-state index in [1.807, 2.05) is 12.1 Å². The summed E-state index contributed by atoms with van der Waals surface area (Å²) in [6.07, 6.45) is 0.408. The molecular weight excluding hydrogens is 448 g/mol. The smallest absolute Gasteiger partial charge is 0.314 e. The highest BCUT2D eigenvalue weighted by Crippen LogP contribution is 2.23. The summed E-state index contributed by atoms with van der Waals surface area (Å²) in [5.74, 6) is -0.794. The van der Waals surface area contributed by atoms with Crippen molar-refractivity contribution in [3.8, 4) is 22.7 Å². The molecule has 0 atom stereocenters. The Labute approximate surface area is 192 Å². The van der Waals surface area contributed by atoms with Gasteiger partial charge in [-0.25, -0.2) is 4.68 Å². The van der Waals surface area contributed by atoms with Crippen LogP contribution in [0.1, 0.15) is 28.4 Å². The molecular formula is C22H19F2N7O3. The lowest BCUT2D eigenvalue weighted by Gasteiger charge is -2.26. The van der Waals surface area contributed by atoms with Crippen LogP contribution in [0.2, 0.25) is 0 Å². The molecule has 1 aliphatic heterocycles. The standard InChI is InChI=1S/C22H19F2N7O3/c23-19(24)21-28-27-20(34-21)16-4-5-17(25-11-16)12-31-13-18(26-29-31)14-2-1-3-15(10-14)22(32)30-6-8-33-9-7-30/h1-5,10-11,13,19H,6-9,12H2. The molecule has 1 aliphatic rings. The maximum Gasteiger partial charge on any atom is 0.314 e. The van der Waals surface area contributed by atoms with Crippen LogP contribution in [0.4, 0.5) is 8.78 Å². The molecule has 0 saturated carbocycles. The van der Waals surface area contributed by atoms with Crippen LogP contribution in [0, 0.1) is 0 Å². The number of nitrogens with zero attached hydrogens (tertiary/aromatic N) is 7. The van der Waals surface area contributed by atoms with Crippen LogP contribution in [0.5, 0.6) is 0 Å². The van der Waals surface area contributed by atoms with Gasteiger partial charge in [0.15, 0.2) is 0 Å². The number of aromatic nitrogens is 6. The molecule has 0 spiro atoms. The molecule has 0 radical (unpaired) electrons. The van der Waals surface area contributed by atoms with E-state index < -0.39 is 12.3 Å². The number of carbonyl (C=O) groups excluding carboxylic acids is 1. The molecule has 12 heteroatoms. The fraction of sp³-hybridized carbons (Fsp3) is 0.273. The molecule has 0 bridgehead atoms. The third kappa shape index (κ3) is 4.66. The van der Waals surface area contributed by atoms with Crippen molar-refractivity contribution in [2.24, 2.45) is 0 Å². The van der Waals surface area contributed by atoms with E-state index in [2.05, 4.69) is 25.5 Å². The summed E-state index contributed by atoms with van der Waals surface area (Å²) >= 11 is 0. The molecule has 0 N–H and O–H groups in total. The molecule has 1 saturated heterocycles. The van der Waals surface area contributed by atoms with Crippen LogP contribution >= 0.6 is 0 Å². The van der Waals surface area contributed by atoms with Gasteiger partial charge in [-0.2, -0.15) is 8.78 Å². The molecule has 4 aromatic rings. The first-order valence-electron chi connectivity index (χ1n) is 10.5. The van der Waals surface area contributed by atoms with Gasteiger partial charge >= 0.3 is 6.43 Å². The van der Waals surface area contributed by atoms with Gasteiger partial charge in [-0.1, -0.05) is 17.3 Å². The van der Waals surface area contributed by atoms with Crippen LogP contribution in [-0.4, -0.2) is 67.3 Å². The SMILES string of the molecule is O=C(c1cccc(-c2cn(Cc3ccc(-c4nnc(C(F)F)o4)cn3)nn2)c1)N1CCOCC1. The highest BCUT2D eigenvalue weighted by Gasteiger charge is 2.19. The van der Waals surface area contributed by atoms with Crippen LogP contribution < -0.4 is 0 Å². The van der Waals surface area contributed by atoms with Gasteiger partial charge in [0, 0.05) is 30.4 Å². The van der Waals surface area contributed by atoms with Gasteiger partial charge in [0.2, 0.25) is 5.89 Å². The van der Waals surface area contributed by atoms with Gasteiger partial charge in [-0.15, -0.1) is 15.3 Å². The number of morpholine rings is 1. The number of hydrogen-bond acceptors (Lipinski definition) is 8. The number of rotatable bonds is 6. The van der Waals surface area contributed by atoms with E-state index in [0.717, 1.165) is 5.56 Å². The van der Waals surface area contributed by atoms with E-state index in [9.17, 15) is 13.6 Å². The Morgan fingerprint density at radius 1 is 1.06 bits per heavy atom. The summed E-state index contributed by atoms with van der Waals surface area (Å²) in [7, 11) is 0. The summed E-state index contributed by atoms with van der Waals surface area (Å²) in [5, 5.41) is 15.3. The number of alkyl halides is 2. The third-order valence-electron chi connectivity index (χ3n) is 5.27. The normalized spacial score (nSPS) is 14.0. The lowest BCUT2D eigenvalue weighted by molar-refractivity contribution is 0.0303. The second-order valence-corrected chi connectivity index (χ2v) is 7.57. The van der Waals surface area contributed by atoms with Crippen LogP contribution in [0.3, 0.4) is 0 Å². The van der Waals surface area contributed by atoms with E-state index >= 15 is 0 Å². The first-order valence-corrected chi connectivity index (χ1v) is 10.5. The number of hydrogen-bond donors (Lipinski definition) is 0. The summed E-state index contributed by atoms with van der Waals surface area (Å²) in [6, 6.07) is 10.6. The quantitative estimate of drug-likeness (QED) is 0.426. The van der Waals surface area contributed by atoms with E-state index in [4.69, 9.17) is 9.15 Å². The third-order valence-corrected chi connectivity index (χ3v) is 5.27. The van der Waals surface area contributed by atoms with Crippen molar-refractivity contribution in [2.75, 3.05) is 26.3 Å². The molecule has 174 valence electrons. The van der Waals surface area contributed by atoms with Crippen molar-refractivity contribution >= 4 is 5.91 Å². The molecule has 34 heavy (non-hydrogen) atoms. The lowest BCUT2D eigenvalue weighted by Crippen LogP contribution is -2.40. The highest BCUT2D eigenvalue weighted by molar-refractivity contribution is 5.95. The van der Waals surface area contributed by atoms with Gasteiger partial charge < -0.3 is 14.1 Å². The second-order valence-electron chi connectivity index (χ2n) is 7.57. The van der Waals surface area contributed by atoms with Crippen molar-refractivity contribution in [2.45, 2.75) is 13.0 Å². The molecule has 5 rings (SSSR count). The summed E-state index contributed by atoms with van der Waals surface area (Å²) in [5.41, 5.74) is 3.09. The predicted octanol–water partition coefficient (Wildman–Crippen LogP) is 2.85. The van der Waals surface area contributed by atoms with Crippen LogP contribution in [0.25, 0.3) is 22.7 Å². The fourth-order valence-corrected chi connectivity index (χ4v) is 3.52. The Hall–Kier alpha value is -4.06. The van der Waals surface area contributed by atoms with Gasteiger partial charge in [0.25, 0.3) is 11.8 Å². The monoisotopic (exact) mass is 467 g/mol. The Morgan fingerprint density at radius 3 is 2.65 bits per heavy atom. The average Bonchev–Trinajstić information content (AvgIpc) is 3.55. The minimum absolute atomic E-state index is 0.0242.